The monoisotopic (exact) mass is 454 g/mol. The minimum atomic E-state index is -0.710. The topological polar surface area (TPSA) is 106 Å². The molecule has 2 N–H and O–H groups in total. The van der Waals surface area contributed by atoms with Crippen molar-refractivity contribution < 1.29 is 9.90 Å². The van der Waals surface area contributed by atoms with Gasteiger partial charge in [-0.3, -0.25) is 19.4 Å². The SMILES string of the molecule is CC(C)c1cncc(Nc2c(-c3ccc(-c4ccc(C5CC5C(=O)O)cc4)cn3)cnn2C)n1. The fraction of sp³-hybridized carbons (Fsp3) is 0.269. The van der Waals surface area contributed by atoms with Crippen molar-refractivity contribution in [3.05, 3.63) is 72.4 Å². The van der Waals surface area contributed by atoms with E-state index in [4.69, 9.17) is 5.11 Å². The molecule has 0 radical (unpaired) electrons. The largest absolute Gasteiger partial charge is 0.481 e. The smallest absolute Gasteiger partial charge is 0.307 e. The molecule has 2 atom stereocenters. The molecule has 0 saturated heterocycles. The standard InChI is InChI=1S/C26H26N6O2/c1-15(2)23-13-27-14-24(30-23)31-25-21(12-29-32(25)3)22-9-8-18(11-28-22)16-4-6-17(7-5-16)19-10-20(19)26(33)34/h4-9,11-15,19-20H,10H2,1-3H3,(H,30,31)(H,33,34). The number of rotatable bonds is 7. The van der Waals surface area contributed by atoms with Crippen molar-refractivity contribution in [1.29, 1.82) is 0 Å². The summed E-state index contributed by atoms with van der Waals surface area (Å²) in [4.78, 5) is 24.8. The maximum absolute atomic E-state index is 11.1. The van der Waals surface area contributed by atoms with Crippen molar-refractivity contribution in [2.45, 2.75) is 32.1 Å². The van der Waals surface area contributed by atoms with Crippen molar-refractivity contribution in [2.75, 3.05) is 5.32 Å². The van der Waals surface area contributed by atoms with Gasteiger partial charge in [-0.15, -0.1) is 0 Å². The van der Waals surface area contributed by atoms with Crippen LogP contribution >= 0.6 is 0 Å². The number of carboxylic acid groups (broad SMARTS) is 1. The molecule has 0 bridgehead atoms. The van der Waals surface area contributed by atoms with Crippen LogP contribution in [0, 0.1) is 5.92 Å². The third-order valence-corrected chi connectivity index (χ3v) is 6.25. The van der Waals surface area contributed by atoms with Crippen molar-refractivity contribution in [2.24, 2.45) is 13.0 Å². The minimum absolute atomic E-state index is 0.134. The van der Waals surface area contributed by atoms with E-state index in [1.165, 1.54) is 0 Å². The second-order valence-electron chi connectivity index (χ2n) is 8.98. The first kappa shape index (κ1) is 21.8. The number of aliphatic carboxylic acids is 1. The molecule has 8 heteroatoms. The quantitative estimate of drug-likeness (QED) is 0.405. The molecule has 1 saturated carbocycles. The molecule has 8 nitrogen and oxygen atoms in total. The highest BCUT2D eigenvalue weighted by molar-refractivity contribution is 5.77. The first-order valence-corrected chi connectivity index (χ1v) is 11.3. The molecular weight excluding hydrogens is 428 g/mol. The number of nitrogens with zero attached hydrogens (tertiary/aromatic N) is 5. The van der Waals surface area contributed by atoms with E-state index in [0.717, 1.165) is 45.9 Å². The summed E-state index contributed by atoms with van der Waals surface area (Å²) in [6.07, 6.45) is 7.83. The summed E-state index contributed by atoms with van der Waals surface area (Å²) < 4.78 is 1.76. The summed E-state index contributed by atoms with van der Waals surface area (Å²) in [5, 5.41) is 16.9. The molecule has 5 rings (SSSR count). The lowest BCUT2D eigenvalue weighted by Crippen LogP contribution is -2.04. The normalized spacial score (nSPS) is 17.1. The van der Waals surface area contributed by atoms with Crippen LogP contribution in [0.25, 0.3) is 22.4 Å². The van der Waals surface area contributed by atoms with Gasteiger partial charge < -0.3 is 10.4 Å². The predicted molar refractivity (Wildman–Crippen MR) is 130 cm³/mol. The summed E-state index contributed by atoms with van der Waals surface area (Å²) in [6.45, 7) is 4.17. The van der Waals surface area contributed by atoms with Crippen LogP contribution < -0.4 is 5.32 Å². The zero-order valence-electron chi connectivity index (χ0n) is 19.3. The summed E-state index contributed by atoms with van der Waals surface area (Å²) in [5.41, 5.74) is 5.70. The first-order valence-electron chi connectivity index (χ1n) is 11.3. The van der Waals surface area contributed by atoms with Crippen LogP contribution in [0.2, 0.25) is 0 Å². The summed E-state index contributed by atoms with van der Waals surface area (Å²) >= 11 is 0. The van der Waals surface area contributed by atoms with Gasteiger partial charge in [-0.05, 0) is 35.4 Å². The van der Waals surface area contributed by atoms with E-state index in [2.05, 4.69) is 39.2 Å². The number of benzene rings is 1. The summed E-state index contributed by atoms with van der Waals surface area (Å²) in [7, 11) is 1.87. The van der Waals surface area contributed by atoms with Gasteiger partial charge in [-0.2, -0.15) is 5.10 Å². The van der Waals surface area contributed by atoms with Crippen molar-refractivity contribution >= 4 is 17.6 Å². The highest BCUT2D eigenvalue weighted by Crippen LogP contribution is 2.47. The zero-order valence-corrected chi connectivity index (χ0v) is 19.3. The fourth-order valence-corrected chi connectivity index (χ4v) is 4.10. The van der Waals surface area contributed by atoms with Gasteiger partial charge in [0.15, 0.2) is 0 Å². The van der Waals surface area contributed by atoms with E-state index in [0.29, 0.717) is 5.82 Å². The lowest BCUT2D eigenvalue weighted by Gasteiger charge is -2.11. The van der Waals surface area contributed by atoms with Gasteiger partial charge in [0.2, 0.25) is 0 Å². The molecular formula is C26H26N6O2. The molecule has 0 spiro atoms. The first-order chi connectivity index (χ1) is 16.4. The Morgan fingerprint density at radius 3 is 2.47 bits per heavy atom. The Balaban J connectivity index is 1.35. The van der Waals surface area contributed by atoms with Crippen LogP contribution in [-0.2, 0) is 11.8 Å². The molecule has 3 heterocycles. The van der Waals surface area contributed by atoms with E-state index >= 15 is 0 Å². The number of hydrogen-bond donors (Lipinski definition) is 2. The Morgan fingerprint density at radius 1 is 1.06 bits per heavy atom. The van der Waals surface area contributed by atoms with Gasteiger partial charge >= 0.3 is 5.97 Å². The Kier molecular flexibility index (Phi) is 5.57. The van der Waals surface area contributed by atoms with Crippen LogP contribution in [0.3, 0.4) is 0 Å². The molecule has 1 aliphatic carbocycles. The highest BCUT2D eigenvalue weighted by Gasteiger charge is 2.44. The molecule has 0 aliphatic heterocycles. The van der Waals surface area contributed by atoms with Crippen LogP contribution in [0.4, 0.5) is 11.6 Å². The number of carbonyl (C=O) groups is 1. The molecule has 2 unspecified atom stereocenters. The molecule has 3 aromatic heterocycles. The Bertz CT molecular complexity index is 1330. The minimum Gasteiger partial charge on any atom is -0.481 e. The Labute approximate surface area is 197 Å². The van der Waals surface area contributed by atoms with Crippen LogP contribution in [0.1, 0.15) is 43.4 Å². The van der Waals surface area contributed by atoms with Crippen molar-refractivity contribution in [3.8, 4) is 22.4 Å². The Hall–Kier alpha value is -4.07. The third kappa shape index (κ3) is 4.26. The maximum Gasteiger partial charge on any atom is 0.307 e. The molecule has 1 aliphatic rings. The zero-order chi connectivity index (χ0) is 23.8. The molecule has 4 aromatic rings. The van der Waals surface area contributed by atoms with Crippen LogP contribution in [0.15, 0.2) is 61.2 Å². The molecule has 172 valence electrons. The van der Waals surface area contributed by atoms with Gasteiger partial charge in [0, 0.05) is 25.0 Å². The number of carboxylic acids is 1. The highest BCUT2D eigenvalue weighted by atomic mass is 16.4. The molecule has 34 heavy (non-hydrogen) atoms. The average molecular weight is 455 g/mol. The van der Waals surface area contributed by atoms with Crippen LogP contribution in [0.5, 0.6) is 0 Å². The lowest BCUT2D eigenvalue weighted by molar-refractivity contribution is -0.138. The average Bonchev–Trinajstić information content (AvgIpc) is 3.58. The van der Waals surface area contributed by atoms with E-state index in [1.807, 2.05) is 49.6 Å². The molecule has 1 aromatic carbocycles. The predicted octanol–water partition coefficient (Wildman–Crippen LogP) is 4.99. The molecule has 0 amide bonds. The molecule has 1 fully saturated rings. The van der Waals surface area contributed by atoms with Gasteiger partial charge in [0.05, 0.1) is 35.3 Å². The van der Waals surface area contributed by atoms with Crippen molar-refractivity contribution in [1.82, 2.24) is 24.7 Å². The van der Waals surface area contributed by atoms with Gasteiger partial charge in [0.25, 0.3) is 0 Å². The summed E-state index contributed by atoms with van der Waals surface area (Å²) in [5.74, 6) is 0.914. The third-order valence-electron chi connectivity index (χ3n) is 6.25. The van der Waals surface area contributed by atoms with Gasteiger partial charge in [-0.1, -0.05) is 44.2 Å². The fourth-order valence-electron chi connectivity index (χ4n) is 4.10. The van der Waals surface area contributed by atoms with E-state index < -0.39 is 5.97 Å². The van der Waals surface area contributed by atoms with E-state index in [9.17, 15) is 4.79 Å². The van der Waals surface area contributed by atoms with E-state index in [-0.39, 0.29) is 17.8 Å². The number of hydrogen-bond acceptors (Lipinski definition) is 6. The van der Waals surface area contributed by atoms with Gasteiger partial charge in [-0.25, -0.2) is 4.98 Å². The van der Waals surface area contributed by atoms with Crippen LogP contribution in [-0.4, -0.2) is 35.8 Å². The number of pyridine rings is 1. The van der Waals surface area contributed by atoms with E-state index in [1.54, 1.807) is 23.3 Å². The number of aromatic nitrogens is 5. The Morgan fingerprint density at radius 2 is 1.82 bits per heavy atom. The second kappa shape index (κ2) is 8.70. The maximum atomic E-state index is 11.1. The number of aryl methyl sites for hydroxylation is 1. The number of nitrogens with one attached hydrogen (secondary N) is 1. The lowest BCUT2D eigenvalue weighted by atomic mass is 10.0. The van der Waals surface area contributed by atoms with Crippen molar-refractivity contribution in [3.63, 3.8) is 0 Å². The number of anilines is 2. The summed E-state index contributed by atoms with van der Waals surface area (Å²) in [6, 6.07) is 12.1. The second-order valence-corrected chi connectivity index (χ2v) is 8.98. The van der Waals surface area contributed by atoms with Gasteiger partial charge in [0.1, 0.15) is 11.6 Å².